The summed E-state index contributed by atoms with van der Waals surface area (Å²) >= 11 is 0. The number of carbonyl (C=O) groups is 1. The Hall–Kier alpha value is -3.62. The first-order valence-corrected chi connectivity index (χ1v) is 8.81. The third-order valence-corrected chi connectivity index (χ3v) is 4.31. The molecule has 3 rings (SSSR count). The molecule has 1 amide bonds. The number of pyridine rings is 1. The van der Waals surface area contributed by atoms with Gasteiger partial charge in [-0.25, -0.2) is 4.39 Å². The fourth-order valence-corrected chi connectivity index (χ4v) is 2.74. The van der Waals surface area contributed by atoms with E-state index >= 15 is 0 Å². The molecule has 1 heterocycles. The number of aromatic nitrogens is 1. The molecule has 0 radical (unpaired) electrons. The molecule has 0 spiro atoms. The predicted octanol–water partition coefficient (Wildman–Crippen LogP) is 4.22. The van der Waals surface area contributed by atoms with Gasteiger partial charge in [-0.1, -0.05) is 12.1 Å². The molecule has 3 aromatic rings. The van der Waals surface area contributed by atoms with Gasteiger partial charge in [0.2, 0.25) is 0 Å². The molecule has 0 saturated heterocycles. The highest BCUT2D eigenvalue weighted by molar-refractivity contribution is 6.00. The first-order chi connectivity index (χ1) is 14.1. The first kappa shape index (κ1) is 21.1. The van der Waals surface area contributed by atoms with E-state index in [0.717, 1.165) is 12.1 Å². The fraction of sp³-hybridized carbons (Fsp3) is 0.143. The van der Waals surface area contributed by atoms with Crippen LogP contribution in [0.2, 0.25) is 0 Å². The van der Waals surface area contributed by atoms with Gasteiger partial charge >= 0.3 is 6.18 Å². The van der Waals surface area contributed by atoms with Crippen LogP contribution in [-0.4, -0.2) is 10.5 Å². The number of hydrogen-bond donors (Lipinski definition) is 2. The van der Waals surface area contributed by atoms with E-state index in [9.17, 15) is 27.2 Å². The smallest absolute Gasteiger partial charge is 0.355 e. The summed E-state index contributed by atoms with van der Waals surface area (Å²) in [5, 5.41) is 5.44. The summed E-state index contributed by atoms with van der Waals surface area (Å²) in [5.74, 6) is -0.974. The minimum atomic E-state index is -4.47. The van der Waals surface area contributed by atoms with Gasteiger partial charge in [-0.2, -0.15) is 13.2 Å². The van der Waals surface area contributed by atoms with Crippen LogP contribution in [0.3, 0.4) is 0 Å². The Balaban J connectivity index is 1.83. The van der Waals surface area contributed by atoms with Gasteiger partial charge in [0.25, 0.3) is 11.5 Å². The van der Waals surface area contributed by atoms with Crippen molar-refractivity contribution in [1.82, 2.24) is 9.88 Å². The van der Waals surface area contributed by atoms with Gasteiger partial charge in [-0.05, 0) is 42.0 Å². The number of nitrogens with one attached hydrogen (secondary N) is 2. The minimum Gasteiger partial charge on any atom is -0.355 e. The maximum absolute atomic E-state index is 13.3. The molecule has 1 aromatic heterocycles. The van der Waals surface area contributed by atoms with Gasteiger partial charge in [0.05, 0.1) is 16.8 Å². The molecule has 0 bridgehead atoms. The summed E-state index contributed by atoms with van der Waals surface area (Å²) in [6.45, 7) is 0.0547. The van der Waals surface area contributed by atoms with Crippen LogP contribution in [0.5, 0.6) is 0 Å². The van der Waals surface area contributed by atoms with Crippen LogP contribution >= 0.6 is 0 Å². The Bertz CT molecular complexity index is 1120. The molecule has 5 nitrogen and oxygen atoms in total. The van der Waals surface area contributed by atoms with Crippen molar-refractivity contribution in [1.29, 1.82) is 0 Å². The molecule has 2 aromatic carbocycles. The summed E-state index contributed by atoms with van der Waals surface area (Å²) < 4.78 is 52.7. The van der Waals surface area contributed by atoms with Crippen molar-refractivity contribution in [3.63, 3.8) is 0 Å². The van der Waals surface area contributed by atoms with Crippen molar-refractivity contribution in [3.05, 3.63) is 93.7 Å². The zero-order valence-corrected chi connectivity index (χ0v) is 15.8. The SMILES string of the molecule is Cn1cc(C(=O)NCc2cccc(F)c2)c(Nc2ccc(C(F)(F)F)cc2)cc1=O. The molecule has 0 saturated carbocycles. The number of rotatable bonds is 5. The van der Waals surface area contributed by atoms with Crippen molar-refractivity contribution < 1.29 is 22.4 Å². The average Bonchev–Trinajstić information content (AvgIpc) is 2.68. The zero-order valence-electron chi connectivity index (χ0n) is 15.8. The molecular formula is C21H17F4N3O2. The van der Waals surface area contributed by atoms with Crippen molar-refractivity contribution in [2.24, 2.45) is 7.05 Å². The second kappa shape index (κ2) is 8.40. The van der Waals surface area contributed by atoms with Gasteiger partial charge in [-0.3, -0.25) is 9.59 Å². The highest BCUT2D eigenvalue weighted by Crippen LogP contribution is 2.30. The molecule has 2 N–H and O–H groups in total. The van der Waals surface area contributed by atoms with Gasteiger partial charge in [0.1, 0.15) is 5.82 Å². The van der Waals surface area contributed by atoms with Crippen molar-refractivity contribution in [2.75, 3.05) is 5.32 Å². The van der Waals surface area contributed by atoms with E-state index < -0.39 is 29.0 Å². The Labute approximate surface area is 169 Å². The Morgan fingerprint density at radius 1 is 1.07 bits per heavy atom. The van der Waals surface area contributed by atoms with Crippen molar-refractivity contribution in [3.8, 4) is 0 Å². The summed E-state index contributed by atoms with van der Waals surface area (Å²) in [7, 11) is 1.47. The number of carbonyl (C=O) groups excluding carboxylic acids is 1. The van der Waals surface area contributed by atoms with E-state index in [1.165, 1.54) is 54.2 Å². The van der Waals surface area contributed by atoms with Crippen molar-refractivity contribution >= 4 is 17.3 Å². The standard InChI is InChI=1S/C21H17F4N3O2/c1-28-12-17(20(30)26-11-13-3-2-4-15(22)9-13)18(10-19(28)29)27-16-7-5-14(6-8-16)21(23,24)25/h2-10,12,27H,11H2,1H3,(H,26,30). The van der Waals surface area contributed by atoms with Crippen molar-refractivity contribution in [2.45, 2.75) is 12.7 Å². The minimum absolute atomic E-state index is 0.0547. The van der Waals surface area contributed by atoms with Gasteiger partial charge in [0, 0.05) is 31.5 Å². The van der Waals surface area contributed by atoms with Crippen LogP contribution in [0.1, 0.15) is 21.5 Å². The van der Waals surface area contributed by atoms with Crippen LogP contribution in [0.4, 0.5) is 28.9 Å². The first-order valence-electron chi connectivity index (χ1n) is 8.81. The highest BCUT2D eigenvalue weighted by Gasteiger charge is 2.30. The maximum atomic E-state index is 13.3. The number of alkyl halides is 3. The average molecular weight is 419 g/mol. The molecule has 0 atom stereocenters. The van der Waals surface area contributed by atoms with Gasteiger partial charge in [0.15, 0.2) is 0 Å². The molecule has 156 valence electrons. The molecule has 0 aliphatic rings. The third-order valence-electron chi connectivity index (χ3n) is 4.31. The molecule has 0 unspecified atom stereocenters. The molecule has 0 aliphatic carbocycles. The molecular weight excluding hydrogens is 402 g/mol. The lowest BCUT2D eigenvalue weighted by molar-refractivity contribution is -0.137. The number of aryl methyl sites for hydroxylation is 1. The maximum Gasteiger partial charge on any atom is 0.416 e. The van der Waals surface area contributed by atoms with Crippen LogP contribution in [0.15, 0.2) is 65.6 Å². The van der Waals surface area contributed by atoms with E-state index in [1.807, 2.05) is 0 Å². The van der Waals surface area contributed by atoms with E-state index in [4.69, 9.17) is 0 Å². The predicted molar refractivity (Wildman–Crippen MR) is 104 cm³/mol. The van der Waals surface area contributed by atoms with Crippen LogP contribution in [-0.2, 0) is 19.8 Å². The zero-order chi connectivity index (χ0) is 21.9. The summed E-state index contributed by atoms with van der Waals surface area (Å²) in [6, 6.07) is 11.1. The lowest BCUT2D eigenvalue weighted by Gasteiger charge is -2.14. The van der Waals surface area contributed by atoms with Crippen LogP contribution < -0.4 is 16.2 Å². The number of hydrogen-bond acceptors (Lipinski definition) is 3. The van der Waals surface area contributed by atoms with E-state index in [1.54, 1.807) is 6.07 Å². The molecule has 9 heteroatoms. The molecule has 0 aliphatic heterocycles. The summed E-state index contributed by atoms with van der Waals surface area (Å²) in [4.78, 5) is 24.7. The Morgan fingerprint density at radius 2 is 1.77 bits per heavy atom. The summed E-state index contributed by atoms with van der Waals surface area (Å²) in [5.41, 5.74) is -0.167. The fourth-order valence-electron chi connectivity index (χ4n) is 2.74. The number of halogens is 4. The van der Waals surface area contributed by atoms with Gasteiger partial charge < -0.3 is 15.2 Å². The molecule has 0 fully saturated rings. The van der Waals surface area contributed by atoms with E-state index in [2.05, 4.69) is 10.6 Å². The normalized spacial score (nSPS) is 11.2. The number of anilines is 2. The van der Waals surface area contributed by atoms with E-state index in [0.29, 0.717) is 5.56 Å². The number of benzene rings is 2. The second-order valence-electron chi connectivity index (χ2n) is 6.56. The largest absolute Gasteiger partial charge is 0.416 e. The van der Waals surface area contributed by atoms with Gasteiger partial charge in [-0.15, -0.1) is 0 Å². The lowest BCUT2D eigenvalue weighted by atomic mass is 10.1. The lowest BCUT2D eigenvalue weighted by Crippen LogP contribution is -2.27. The Morgan fingerprint density at radius 3 is 2.40 bits per heavy atom. The second-order valence-corrected chi connectivity index (χ2v) is 6.56. The van der Waals surface area contributed by atoms with E-state index in [-0.39, 0.29) is 23.5 Å². The molecule has 30 heavy (non-hydrogen) atoms. The summed E-state index contributed by atoms with van der Waals surface area (Å²) in [6.07, 6.45) is -3.15. The highest BCUT2D eigenvalue weighted by atomic mass is 19.4. The Kier molecular flexibility index (Phi) is 5.91. The quantitative estimate of drug-likeness (QED) is 0.609. The number of amides is 1. The third kappa shape index (κ3) is 5.05. The number of nitrogens with zero attached hydrogens (tertiary/aromatic N) is 1. The topological polar surface area (TPSA) is 63.1 Å². The van der Waals surface area contributed by atoms with Crippen LogP contribution in [0, 0.1) is 5.82 Å². The monoisotopic (exact) mass is 419 g/mol. The van der Waals surface area contributed by atoms with Crippen LogP contribution in [0.25, 0.3) is 0 Å².